The first-order valence-corrected chi connectivity index (χ1v) is 7.61. The molecule has 1 heterocycles. The van der Waals surface area contributed by atoms with E-state index in [0.717, 1.165) is 0 Å². The highest BCUT2D eigenvalue weighted by molar-refractivity contribution is 7.99. The van der Waals surface area contributed by atoms with Gasteiger partial charge in [0, 0.05) is 5.75 Å². The second-order valence-corrected chi connectivity index (χ2v) is 5.49. The molecule has 1 unspecified atom stereocenters. The monoisotopic (exact) mass is 295 g/mol. The molecule has 0 aliphatic carbocycles. The number of hydrogen-bond acceptors (Lipinski definition) is 4. The van der Waals surface area contributed by atoms with Gasteiger partial charge in [-0.2, -0.15) is 0 Å². The van der Waals surface area contributed by atoms with Crippen molar-refractivity contribution in [3.8, 4) is 5.75 Å². The Morgan fingerprint density at radius 3 is 2.75 bits per heavy atom. The summed E-state index contributed by atoms with van der Waals surface area (Å²) in [5.41, 5.74) is 0. The Balaban J connectivity index is 2.07. The zero-order chi connectivity index (χ0) is 14.5. The number of carboxylic acid groups (broad SMARTS) is 1. The number of aliphatic carboxylic acids is 1. The molecule has 2 atom stereocenters. The number of nitrogens with zero attached hydrogens (tertiary/aromatic N) is 1. The molecule has 1 saturated heterocycles. The molecular weight excluding hydrogens is 278 g/mol. The van der Waals surface area contributed by atoms with Crippen molar-refractivity contribution in [2.45, 2.75) is 25.5 Å². The summed E-state index contributed by atoms with van der Waals surface area (Å²) in [4.78, 5) is 25.0. The van der Waals surface area contributed by atoms with Crippen molar-refractivity contribution in [3.05, 3.63) is 30.3 Å². The van der Waals surface area contributed by atoms with Crippen molar-refractivity contribution < 1.29 is 19.4 Å². The molecule has 20 heavy (non-hydrogen) atoms. The first kappa shape index (κ1) is 14.7. The average Bonchev–Trinajstić information content (AvgIpc) is 2.94. The van der Waals surface area contributed by atoms with E-state index in [0.29, 0.717) is 23.8 Å². The first-order chi connectivity index (χ1) is 9.63. The predicted octanol–water partition coefficient (Wildman–Crippen LogP) is 1.83. The molecule has 0 saturated carbocycles. The van der Waals surface area contributed by atoms with Crippen LogP contribution in [-0.2, 0) is 9.59 Å². The van der Waals surface area contributed by atoms with Gasteiger partial charge in [-0.1, -0.05) is 25.1 Å². The minimum Gasteiger partial charge on any atom is -0.481 e. The Morgan fingerprint density at radius 1 is 1.45 bits per heavy atom. The summed E-state index contributed by atoms with van der Waals surface area (Å²) in [6.45, 7) is 1.85. The van der Waals surface area contributed by atoms with Gasteiger partial charge in [0.2, 0.25) is 0 Å². The van der Waals surface area contributed by atoms with E-state index in [1.165, 1.54) is 16.7 Å². The molecule has 1 amide bonds. The summed E-state index contributed by atoms with van der Waals surface area (Å²) in [7, 11) is 0. The lowest BCUT2D eigenvalue weighted by Gasteiger charge is -2.25. The van der Waals surface area contributed by atoms with Crippen LogP contribution in [0.25, 0.3) is 0 Å². The maximum atomic E-state index is 12.4. The van der Waals surface area contributed by atoms with E-state index >= 15 is 0 Å². The maximum Gasteiger partial charge on any atom is 0.327 e. The topological polar surface area (TPSA) is 66.8 Å². The van der Waals surface area contributed by atoms with Crippen LogP contribution in [0.2, 0.25) is 0 Å². The largest absolute Gasteiger partial charge is 0.481 e. The third-order valence-corrected chi connectivity index (χ3v) is 4.13. The normalized spacial score (nSPS) is 19.6. The van der Waals surface area contributed by atoms with Crippen molar-refractivity contribution in [3.63, 3.8) is 0 Å². The van der Waals surface area contributed by atoms with E-state index in [-0.39, 0.29) is 5.91 Å². The smallest absolute Gasteiger partial charge is 0.327 e. The Morgan fingerprint density at radius 2 is 2.15 bits per heavy atom. The van der Waals surface area contributed by atoms with Crippen LogP contribution in [0, 0.1) is 0 Å². The van der Waals surface area contributed by atoms with Crippen LogP contribution in [0.4, 0.5) is 0 Å². The van der Waals surface area contributed by atoms with Crippen LogP contribution >= 0.6 is 11.8 Å². The van der Waals surface area contributed by atoms with E-state index < -0.39 is 18.1 Å². The SMILES string of the molecule is CCC(Oc1ccccc1)C(=O)N1CSC[C@H]1C(=O)O. The molecule has 1 N–H and O–H groups in total. The maximum absolute atomic E-state index is 12.4. The van der Waals surface area contributed by atoms with Crippen LogP contribution in [-0.4, -0.2) is 45.7 Å². The quantitative estimate of drug-likeness (QED) is 0.897. The average molecular weight is 295 g/mol. The lowest BCUT2D eigenvalue weighted by Crippen LogP contribution is -2.47. The number of carboxylic acids is 1. The fraction of sp³-hybridized carbons (Fsp3) is 0.429. The highest BCUT2D eigenvalue weighted by atomic mass is 32.2. The fourth-order valence-corrected chi connectivity index (χ4v) is 3.18. The summed E-state index contributed by atoms with van der Waals surface area (Å²) in [6, 6.07) is 8.34. The standard InChI is InChI=1S/C14H17NO4S/c1-2-12(19-10-6-4-3-5-7-10)13(16)15-9-20-8-11(15)14(17)18/h3-7,11-12H,2,8-9H2,1H3,(H,17,18)/t11-,12?/m0/s1. The van der Waals surface area contributed by atoms with Gasteiger partial charge < -0.3 is 14.7 Å². The lowest BCUT2D eigenvalue weighted by molar-refractivity contribution is -0.150. The summed E-state index contributed by atoms with van der Waals surface area (Å²) in [6.07, 6.45) is -0.140. The molecule has 1 aliphatic rings. The molecule has 5 nitrogen and oxygen atoms in total. The molecule has 0 radical (unpaired) electrons. The lowest BCUT2D eigenvalue weighted by atomic mass is 10.2. The first-order valence-electron chi connectivity index (χ1n) is 6.46. The number of thioether (sulfide) groups is 1. The second-order valence-electron chi connectivity index (χ2n) is 4.49. The third-order valence-electron chi connectivity index (χ3n) is 3.12. The van der Waals surface area contributed by atoms with E-state index in [1.807, 2.05) is 25.1 Å². The number of para-hydroxylation sites is 1. The third kappa shape index (κ3) is 3.25. The van der Waals surface area contributed by atoms with Crippen LogP contribution in [0.15, 0.2) is 30.3 Å². The molecule has 6 heteroatoms. The van der Waals surface area contributed by atoms with Crippen LogP contribution in [0.5, 0.6) is 5.75 Å². The van der Waals surface area contributed by atoms with Crippen molar-refractivity contribution in [1.82, 2.24) is 4.90 Å². The van der Waals surface area contributed by atoms with Gasteiger partial charge in [-0.25, -0.2) is 4.79 Å². The van der Waals surface area contributed by atoms with Crippen molar-refractivity contribution in [2.24, 2.45) is 0 Å². The van der Waals surface area contributed by atoms with Gasteiger partial charge in [-0.3, -0.25) is 4.79 Å². The number of ether oxygens (including phenoxy) is 1. The van der Waals surface area contributed by atoms with Crippen LogP contribution in [0.3, 0.4) is 0 Å². The Kier molecular flexibility index (Phi) is 4.89. The number of carbonyl (C=O) groups excluding carboxylic acids is 1. The number of hydrogen-bond donors (Lipinski definition) is 1. The van der Waals surface area contributed by atoms with Gasteiger partial charge in [0.1, 0.15) is 11.8 Å². The summed E-state index contributed by atoms with van der Waals surface area (Å²) in [5.74, 6) is 0.242. The summed E-state index contributed by atoms with van der Waals surface area (Å²) >= 11 is 1.45. The Bertz CT molecular complexity index is 479. The predicted molar refractivity (Wildman–Crippen MR) is 76.7 cm³/mol. The fourth-order valence-electron chi connectivity index (χ4n) is 2.02. The van der Waals surface area contributed by atoms with E-state index in [2.05, 4.69) is 0 Å². The van der Waals surface area contributed by atoms with E-state index in [1.54, 1.807) is 12.1 Å². The van der Waals surface area contributed by atoms with Gasteiger partial charge in [-0.15, -0.1) is 11.8 Å². The molecule has 0 aromatic heterocycles. The van der Waals surface area contributed by atoms with Gasteiger partial charge in [0.05, 0.1) is 5.88 Å². The highest BCUT2D eigenvalue weighted by Gasteiger charge is 2.37. The zero-order valence-corrected chi connectivity index (χ0v) is 12.0. The number of rotatable bonds is 5. The van der Waals surface area contributed by atoms with Crippen molar-refractivity contribution in [2.75, 3.05) is 11.6 Å². The second kappa shape index (κ2) is 6.65. The zero-order valence-electron chi connectivity index (χ0n) is 11.2. The molecule has 108 valence electrons. The summed E-state index contributed by atoms with van der Waals surface area (Å²) < 4.78 is 5.67. The highest BCUT2D eigenvalue weighted by Crippen LogP contribution is 2.23. The molecule has 1 aromatic rings. The van der Waals surface area contributed by atoms with Crippen LogP contribution < -0.4 is 4.74 Å². The van der Waals surface area contributed by atoms with Crippen LogP contribution in [0.1, 0.15) is 13.3 Å². The molecular formula is C14H17NO4S. The van der Waals surface area contributed by atoms with Gasteiger partial charge in [0.25, 0.3) is 5.91 Å². The van der Waals surface area contributed by atoms with Gasteiger partial charge in [-0.05, 0) is 18.6 Å². The molecule has 1 fully saturated rings. The Labute approximate surface area is 121 Å². The molecule has 0 bridgehead atoms. The number of benzene rings is 1. The number of amides is 1. The van der Waals surface area contributed by atoms with Gasteiger partial charge in [0.15, 0.2) is 6.10 Å². The van der Waals surface area contributed by atoms with E-state index in [9.17, 15) is 9.59 Å². The molecule has 1 aromatic carbocycles. The molecule has 0 spiro atoms. The molecule has 1 aliphatic heterocycles. The van der Waals surface area contributed by atoms with Gasteiger partial charge >= 0.3 is 5.97 Å². The van der Waals surface area contributed by atoms with Crippen molar-refractivity contribution >= 4 is 23.6 Å². The Hall–Kier alpha value is -1.69. The van der Waals surface area contributed by atoms with Crippen molar-refractivity contribution in [1.29, 1.82) is 0 Å². The van der Waals surface area contributed by atoms with E-state index in [4.69, 9.17) is 9.84 Å². The minimum absolute atomic E-state index is 0.256. The number of carbonyl (C=O) groups is 2. The summed E-state index contributed by atoms with van der Waals surface area (Å²) in [5, 5.41) is 9.13. The minimum atomic E-state index is -0.960. The molecule has 2 rings (SSSR count).